The van der Waals surface area contributed by atoms with E-state index in [9.17, 15) is 24.6 Å². The van der Waals surface area contributed by atoms with Crippen LogP contribution >= 0.6 is 0 Å². The highest BCUT2D eigenvalue weighted by Gasteiger charge is 2.31. The molecule has 2 aromatic rings. The number of aliphatic hydroxyl groups excluding tert-OH is 1. The third-order valence-corrected chi connectivity index (χ3v) is 4.80. The molecule has 1 aromatic carbocycles. The van der Waals surface area contributed by atoms with Crippen molar-refractivity contribution in [3.8, 4) is 0 Å². The summed E-state index contributed by atoms with van der Waals surface area (Å²) in [6.07, 6.45) is 0.500. The monoisotopic (exact) mass is 404 g/mol. The lowest BCUT2D eigenvalue weighted by molar-refractivity contribution is -0.142. The number of carbonyl (C=O) groups is 3. The van der Waals surface area contributed by atoms with Crippen LogP contribution in [0, 0.1) is 5.92 Å². The third-order valence-electron chi connectivity index (χ3n) is 4.80. The van der Waals surface area contributed by atoms with Crippen LogP contribution in [0.25, 0.3) is 10.9 Å². The fourth-order valence-electron chi connectivity index (χ4n) is 2.94. The van der Waals surface area contributed by atoms with Gasteiger partial charge in [-0.1, -0.05) is 32.0 Å². The lowest BCUT2D eigenvalue weighted by Gasteiger charge is -2.25. The molecule has 0 saturated carbocycles. The van der Waals surface area contributed by atoms with Gasteiger partial charge in [0, 0.05) is 23.5 Å². The van der Waals surface area contributed by atoms with Crippen molar-refractivity contribution in [3.05, 3.63) is 36.0 Å². The summed E-state index contributed by atoms with van der Waals surface area (Å²) in [6, 6.07) is 4.00. The van der Waals surface area contributed by atoms with Crippen LogP contribution in [0.15, 0.2) is 30.5 Å². The van der Waals surface area contributed by atoms with Crippen molar-refractivity contribution >= 4 is 28.7 Å². The Bertz CT molecular complexity index is 877. The molecule has 0 spiro atoms. The van der Waals surface area contributed by atoms with E-state index >= 15 is 0 Å². The van der Waals surface area contributed by atoms with Crippen molar-refractivity contribution in [1.82, 2.24) is 15.6 Å². The summed E-state index contributed by atoms with van der Waals surface area (Å²) in [6.45, 7) is 4.84. The molecule has 0 radical (unpaired) electrons. The minimum atomic E-state index is -1.32. The lowest BCUT2D eigenvalue weighted by Crippen LogP contribution is -2.59. The predicted molar refractivity (Wildman–Crippen MR) is 108 cm³/mol. The minimum absolute atomic E-state index is 0.0388. The first kappa shape index (κ1) is 22.4. The van der Waals surface area contributed by atoms with Crippen LogP contribution < -0.4 is 16.4 Å². The Kier molecular flexibility index (Phi) is 7.35. The zero-order chi connectivity index (χ0) is 21.7. The van der Waals surface area contributed by atoms with E-state index in [4.69, 9.17) is 5.73 Å². The van der Waals surface area contributed by atoms with Crippen LogP contribution in [-0.2, 0) is 20.8 Å². The number of para-hydroxylation sites is 1. The van der Waals surface area contributed by atoms with Gasteiger partial charge in [-0.25, -0.2) is 4.79 Å². The Balaban J connectivity index is 2.14. The second-order valence-electron chi connectivity index (χ2n) is 7.46. The maximum absolute atomic E-state index is 12.6. The molecule has 9 nitrogen and oxygen atoms in total. The molecule has 0 aliphatic rings. The second kappa shape index (κ2) is 9.53. The van der Waals surface area contributed by atoms with E-state index in [1.807, 2.05) is 24.3 Å². The van der Waals surface area contributed by atoms with Gasteiger partial charge in [0.15, 0.2) is 0 Å². The predicted octanol–water partition coefficient (Wildman–Crippen LogP) is 0.129. The molecule has 0 bridgehead atoms. The van der Waals surface area contributed by atoms with E-state index in [-0.39, 0.29) is 12.3 Å². The molecule has 0 saturated heterocycles. The van der Waals surface area contributed by atoms with Gasteiger partial charge in [-0.05, 0) is 24.5 Å². The van der Waals surface area contributed by atoms with E-state index in [2.05, 4.69) is 15.6 Å². The molecule has 0 aliphatic carbocycles. The number of fused-ring (bicyclic) bond motifs is 1. The van der Waals surface area contributed by atoms with E-state index in [1.54, 1.807) is 20.0 Å². The van der Waals surface area contributed by atoms with Crippen molar-refractivity contribution in [2.45, 2.75) is 51.4 Å². The number of benzene rings is 1. The topological polar surface area (TPSA) is 158 Å². The fraction of sp³-hybridized carbons (Fsp3) is 0.450. The van der Waals surface area contributed by atoms with E-state index in [0.29, 0.717) is 0 Å². The number of hydrogen-bond acceptors (Lipinski definition) is 5. The van der Waals surface area contributed by atoms with Crippen molar-refractivity contribution < 1.29 is 24.6 Å². The molecular formula is C20H28N4O5. The number of H-pyrrole nitrogens is 1. The highest BCUT2D eigenvalue weighted by Crippen LogP contribution is 2.19. The molecule has 2 rings (SSSR count). The van der Waals surface area contributed by atoms with Crippen LogP contribution in [0.4, 0.5) is 0 Å². The molecule has 29 heavy (non-hydrogen) atoms. The highest BCUT2D eigenvalue weighted by atomic mass is 16.4. The van der Waals surface area contributed by atoms with E-state index in [1.165, 1.54) is 6.92 Å². The Morgan fingerprint density at radius 2 is 1.76 bits per heavy atom. The zero-order valence-electron chi connectivity index (χ0n) is 16.7. The molecule has 0 fully saturated rings. The van der Waals surface area contributed by atoms with Gasteiger partial charge >= 0.3 is 5.97 Å². The summed E-state index contributed by atoms with van der Waals surface area (Å²) in [5.41, 5.74) is 7.36. The van der Waals surface area contributed by atoms with Gasteiger partial charge in [0.2, 0.25) is 11.8 Å². The van der Waals surface area contributed by atoms with Crippen LogP contribution in [-0.4, -0.2) is 57.2 Å². The Labute approximate surface area is 168 Å². The summed E-state index contributed by atoms with van der Waals surface area (Å²) in [5.74, 6) is -2.78. The largest absolute Gasteiger partial charge is 0.480 e. The number of nitrogens with one attached hydrogen (secondary N) is 3. The third kappa shape index (κ3) is 5.55. The average Bonchev–Trinajstić information content (AvgIpc) is 3.07. The second-order valence-corrected chi connectivity index (χ2v) is 7.46. The summed E-state index contributed by atoms with van der Waals surface area (Å²) in [4.78, 5) is 39.6. The van der Waals surface area contributed by atoms with Crippen molar-refractivity contribution in [3.63, 3.8) is 0 Å². The molecule has 1 heterocycles. The number of rotatable bonds is 9. The van der Waals surface area contributed by atoms with Gasteiger partial charge < -0.3 is 31.6 Å². The van der Waals surface area contributed by atoms with Gasteiger partial charge in [0.05, 0.1) is 12.1 Å². The van der Waals surface area contributed by atoms with Crippen LogP contribution in [0.5, 0.6) is 0 Å². The van der Waals surface area contributed by atoms with Crippen LogP contribution in [0.2, 0.25) is 0 Å². The van der Waals surface area contributed by atoms with Gasteiger partial charge in [-0.15, -0.1) is 0 Å². The van der Waals surface area contributed by atoms with Gasteiger partial charge in [0.1, 0.15) is 12.1 Å². The number of aliphatic hydroxyl groups is 1. The van der Waals surface area contributed by atoms with Gasteiger partial charge in [-0.2, -0.15) is 0 Å². The molecule has 0 aliphatic heterocycles. The fourth-order valence-corrected chi connectivity index (χ4v) is 2.94. The van der Waals surface area contributed by atoms with Crippen LogP contribution in [0.1, 0.15) is 26.3 Å². The highest BCUT2D eigenvalue weighted by molar-refractivity contribution is 5.92. The average molecular weight is 404 g/mol. The number of carboxylic acid groups (broad SMARTS) is 1. The molecule has 158 valence electrons. The Morgan fingerprint density at radius 3 is 2.34 bits per heavy atom. The smallest absolute Gasteiger partial charge is 0.326 e. The number of carboxylic acids is 1. The van der Waals surface area contributed by atoms with Crippen molar-refractivity contribution in [2.75, 3.05) is 0 Å². The molecule has 7 N–H and O–H groups in total. The lowest BCUT2D eigenvalue weighted by atomic mass is 10.0. The van der Waals surface area contributed by atoms with Gasteiger partial charge in [0.25, 0.3) is 0 Å². The zero-order valence-corrected chi connectivity index (χ0v) is 16.7. The van der Waals surface area contributed by atoms with Crippen molar-refractivity contribution in [2.24, 2.45) is 11.7 Å². The number of amides is 2. The standard InChI is InChI=1S/C20H28N4O5/c1-10(2)16(21)18(26)24-17(11(3)25)19(27)23-15(20(28)29)8-12-9-22-14-7-5-4-6-13(12)14/h4-7,9-11,15-17,22,25H,8,21H2,1-3H3,(H,23,27)(H,24,26)(H,28,29)/t11-,15+,16+,17+/m1/s1. The number of hydrogen-bond donors (Lipinski definition) is 6. The Hall–Kier alpha value is -2.91. The number of aromatic amines is 1. The summed E-state index contributed by atoms with van der Waals surface area (Å²) >= 11 is 0. The van der Waals surface area contributed by atoms with E-state index in [0.717, 1.165) is 16.5 Å². The molecule has 0 unspecified atom stereocenters. The first-order valence-corrected chi connectivity index (χ1v) is 9.44. The minimum Gasteiger partial charge on any atom is -0.480 e. The molecule has 9 heteroatoms. The van der Waals surface area contributed by atoms with Crippen molar-refractivity contribution in [1.29, 1.82) is 0 Å². The summed E-state index contributed by atoms with van der Waals surface area (Å²) in [5, 5.41) is 25.2. The SMILES string of the molecule is CC(C)[C@H](N)C(=O)N[C@H](C(=O)N[C@@H](Cc1c[nH]c2ccccc12)C(=O)O)[C@@H](C)O. The maximum Gasteiger partial charge on any atom is 0.326 e. The molecular weight excluding hydrogens is 376 g/mol. The first-order valence-electron chi connectivity index (χ1n) is 9.44. The Morgan fingerprint density at radius 1 is 1.10 bits per heavy atom. The number of nitrogens with two attached hydrogens (primary N) is 1. The molecule has 4 atom stereocenters. The first-order chi connectivity index (χ1) is 13.6. The number of carbonyl (C=O) groups excluding carboxylic acids is 2. The van der Waals surface area contributed by atoms with Gasteiger partial charge in [-0.3, -0.25) is 9.59 Å². The molecule has 2 amide bonds. The number of aromatic nitrogens is 1. The van der Waals surface area contributed by atoms with E-state index < -0.39 is 42.0 Å². The summed E-state index contributed by atoms with van der Waals surface area (Å²) in [7, 11) is 0. The maximum atomic E-state index is 12.6. The van der Waals surface area contributed by atoms with Crippen LogP contribution in [0.3, 0.4) is 0 Å². The quantitative estimate of drug-likeness (QED) is 0.349. The summed E-state index contributed by atoms with van der Waals surface area (Å²) < 4.78 is 0. The normalized spacial score (nSPS) is 15.5. The molecule has 1 aromatic heterocycles. The number of aliphatic carboxylic acids is 1.